The topological polar surface area (TPSA) is 28.2 Å². The number of nitrogens with zero attached hydrogens (tertiary/aromatic N) is 2. The van der Waals surface area contributed by atoms with Crippen LogP contribution in [-0.4, -0.2) is 24.1 Å². The maximum atomic E-state index is 4.52. The van der Waals surface area contributed by atoms with E-state index in [4.69, 9.17) is 0 Å². The summed E-state index contributed by atoms with van der Waals surface area (Å²) in [5, 5.41) is 3.45. The van der Waals surface area contributed by atoms with Crippen LogP contribution in [-0.2, 0) is 6.54 Å². The highest BCUT2D eigenvalue weighted by Gasteiger charge is 2.26. The average molecular weight is 247 g/mol. The molecule has 1 saturated heterocycles. The van der Waals surface area contributed by atoms with E-state index in [1.165, 1.54) is 5.56 Å². The van der Waals surface area contributed by atoms with Gasteiger partial charge in [-0.2, -0.15) is 0 Å². The summed E-state index contributed by atoms with van der Waals surface area (Å²) in [6.07, 6.45) is 1.93. The first-order chi connectivity index (χ1) is 8.56. The molecule has 1 aliphatic rings. The molecule has 1 N–H and O–H groups in total. The molecule has 18 heavy (non-hydrogen) atoms. The molecule has 1 aromatic heterocycles. The molecule has 0 aromatic carbocycles. The fourth-order valence-corrected chi connectivity index (χ4v) is 2.38. The van der Waals surface area contributed by atoms with Gasteiger partial charge in [-0.1, -0.05) is 27.7 Å². The minimum Gasteiger partial charge on any atom is -0.356 e. The van der Waals surface area contributed by atoms with Gasteiger partial charge in [0.1, 0.15) is 5.82 Å². The van der Waals surface area contributed by atoms with E-state index in [-0.39, 0.29) is 0 Å². The number of hydrogen-bond acceptors (Lipinski definition) is 3. The summed E-state index contributed by atoms with van der Waals surface area (Å²) in [7, 11) is 0. The molecule has 3 nitrogen and oxygen atoms in total. The Morgan fingerprint density at radius 3 is 2.61 bits per heavy atom. The van der Waals surface area contributed by atoms with Gasteiger partial charge in [0.2, 0.25) is 0 Å². The van der Waals surface area contributed by atoms with Crippen LogP contribution in [0.2, 0.25) is 0 Å². The normalized spacial score (nSPS) is 23.9. The molecule has 2 heterocycles. The quantitative estimate of drug-likeness (QED) is 0.886. The Balaban J connectivity index is 2.03. The number of rotatable bonds is 4. The molecule has 100 valence electrons. The highest BCUT2D eigenvalue weighted by Crippen LogP contribution is 2.26. The summed E-state index contributed by atoms with van der Waals surface area (Å²) in [6.45, 7) is 12.2. The molecule has 1 aromatic rings. The van der Waals surface area contributed by atoms with Crippen molar-refractivity contribution in [3.63, 3.8) is 0 Å². The van der Waals surface area contributed by atoms with Crippen molar-refractivity contribution < 1.29 is 0 Å². The van der Waals surface area contributed by atoms with Crippen LogP contribution in [0, 0.1) is 11.8 Å². The zero-order valence-corrected chi connectivity index (χ0v) is 12.0. The Morgan fingerprint density at radius 1 is 1.33 bits per heavy atom. The third-order valence-corrected chi connectivity index (χ3v) is 3.84. The van der Waals surface area contributed by atoms with Crippen LogP contribution in [0.5, 0.6) is 0 Å². The van der Waals surface area contributed by atoms with Crippen LogP contribution in [0.1, 0.15) is 33.3 Å². The van der Waals surface area contributed by atoms with E-state index in [2.05, 4.69) is 55.0 Å². The second kappa shape index (κ2) is 5.70. The fraction of sp³-hybridized carbons (Fsp3) is 0.667. The molecular weight excluding hydrogens is 222 g/mol. The Labute approximate surface area is 111 Å². The predicted octanol–water partition coefficient (Wildman–Crippen LogP) is 2.67. The summed E-state index contributed by atoms with van der Waals surface area (Å²) < 4.78 is 0. The van der Waals surface area contributed by atoms with Crippen molar-refractivity contribution in [2.24, 2.45) is 11.8 Å². The SMILES string of the molecule is CC(C)NCc1ccnc(N2CC(C)C(C)C2)c1. The highest BCUT2D eigenvalue weighted by molar-refractivity contribution is 5.42. The van der Waals surface area contributed by atoms with Gasteiger partial charge in [0.15, 0.2) is 0 Å². The lowest BCUT2D eigenvalue weighted by Gasteiger charge is -2.18. The zero-order chi connectivity index (χ0) is 13.1. The molecule has 0 bridgehead atoms. The second-order valence-corrected chi connectivity index (χ2v) is 5.92. The molecule has 0 spiro atoms. The summed E-state index contributed by atoms with van der Waals surface area (Å²) in [6, 6.07) is 4.84. The smallest absolute Gasteiger partial charge is 0.128 e. The molecule has 0 aliphatic carbocycles. The number of hydrogen-bond donors (Lipinski definition) is 1. The van der Waals surface area contributed by atoms with Gasteiger partial charge < -0.3 is 10.2 Å². The zero-order valence-electron chi connectivity index (χ0n) is 12.0. The van der Waals surface area contributed by atoms with Crippen LogP contribution in [0.15, 0.2) is 18.3 Å². The lowest BCUT2D eigenvalue weighted by atomic mass is 10.0. The van der Waals surface area contributed by atoms with Crippen LogP contribution in [0.4, 0.5) is 5.82 Å². The van der Waals surface area contributed by atoms with Gasteiger partial charge in [-0.25, -0.2) is 4.98 Å². The Hall–Kier alpha value is -1.09. The molecule has 0 saturated carbocycles. The second-order valence-electron chi connectivity index (χ2n) is 5.92. The highest BCUT2D eigenvalue weighted by atomic mass is 15.2. The maximum Gasteiger partial charge on any atom is 0.128 e. The van der Waals surface area contributed by atoms with E-state index in [0.29, 0.717) is 6.04 Å². The lowest BCUT2D eigenvalue weighted by molar-refractivity contribution is 0.494. The van der Waals surface area contributed by atoms with Crippen LogP contribution in [0.25, 0.3) is 0 Å². The van der Waals surface area contributed by atoms with Crippen molar-refractivity contribution in [2.45, 2.75) is 40.3 Å². The van der Waals surface area contributed by atoms with E-state index >= 15 is 0 Å². The monoisotopic (exact) mass is 247 g/mol. The van der Waals surface area contributed by atoms with Crippen molar-refractivity contribution in [2.75, 3.05) is 18.0 Å². The van der Waals surface area contributed by atoms with Crippen LogP contribution in [0.3, 0.4) is 0 Å². The minimum absolute atomic E-state index is 0.522. The number of anilines is 1. The Bertz CT molecular complexity index is 379. The Kier molecular flexibility index (Phi) is 4.23. The molecule has 1 aliphatic heterocycles. The predicted molar refractivity (Wildman–Crippen MR) is 76.8 cm³/mol. The Morgan fingerprint density at radius 2 is 2.00 bits per heavy atom. The van der Waals surface area contributed by atoms with E-state index < -0.39 is 0 Å². The summed E-state index contributed by atoms with van der Waals surface area (Å²) in [4.78, 5) is 6.93. The van der Waals surface area contributed by atoms with Gasteiger partial charge in [-0.15, -0.1) is 0 Å². The number of pyridine rings is 1. The van der Waals surface area contributed by atoms with Crippen molar-refractivity contribution in [1.29, 1.82) is 0 Å². The van der Waals surface area contributed by atoms with Gasteiger partial charge in [-0.05, 0) is 29.5 Å². The molecule has 0 amide bonds. The van der Waals surface area contributed by atoms with Crippen molar-refractivity contribution in [1.82, 2.24) is 10.3 Å². The summed E-state index contributed by atoms with van der Waals surface area (Å²) in [5.41, 5.74) is 1.32. The first-order valence-corrected chi connectivity index (χ1v) is 6.99. The lowest BCUT2D eigenvalue weighted by Crippen LogP contribution is -2.23. The van der Waals surface area contributed by atoms with E-state index in [0.717, 1.165) is 37.3 Å². The first-order valence-electron chi connectivity index (χ1n) is 6.99. The summed E-state index contributed by atoms with van der Waals surface area (Å²) in [5.74, 6) is 2.67. The van der Waals surface area contributed by atoms with Crippen molar-refractivity contribution in [3.05, 3.63) is 23.9 Å². The van der Waals surface area contributed by atoms with Gasteiger partial charge >= 0.3 is 0 Å². The minimum atomic E-state index is 0.522. The third-order valence-electron chi connectivity index (χ3n) is 3.84. The maximum absolute atomic E-state index is 4.52. The van der Waals surface area contributed by atoms with E-state index in [9.17, 15) is 0 Å². The van der Waals surface area contributed by atoms with Gasteiger partial charge in [-0.3, -0.25) is 0 Å². The van der Waals surface area contributed by atoms with Crippen molar-refractivity contribution >= 4 is 5.82 Å². The van der Waals surface area contributed by atoms with Crippen LogP contribution < -0.4 is 10.2 Å². The standard InChI is InChI=1S/C15H25N3/c1-11(2)17-8-14-5-6-16-15(7-14)18-9-12(3)13(4)10-18/h5-7,11-13,17H,8-10H2,1-4H3. The first kappa shape index (κ1) is 13.3. The molecule has 1 fully saturated rings. The number of nitrogens with one attached hydrogen (secondary N) is 1. The number of aromatic nitrogens is 1. The van der Waals surface area contributed by atoms with Gasteiger partial charge in [0, 0.05) is 31.9 Å². The molecule has 3 heteroatoms. The largest absolute Gasteiger partial charge is 0.356 e. The fourth-order valence-electron chi connectivity index (χ4n) is 2.38. The third kappa shape index (κ3) is 3.22. The van der Waals surface area contributed by atoms with Gasteiger partial charge in [0.05, 0.1) is 0 Å². The van der Waals surface area contributed by atoms with Gasteiger partial charge in [0.25, 0.3) is 0 Å². The molecule has 2 atom stereocenters. The van der Waals surface area contributed by atoms with Crippen LogP contribution >= 0.6 is 0 Å². The summed E-state index contributed by atoms with van der Waals surface area (Å²) >= 11 is 0. The van der Waals surface area contributed by atoms with E-state index in [1.807, 2.05) is 6.20 Å². The molecule has 2 rings (SSSR count). The average Bonchev–Trinajstić information content (AvgIpc) is 2.68. The van der Waals surface area contributed by atoms with E-state index in [1.54, 1.807) is 0 Å². The molecular formula is C15H25N3. The molecule has 2 unspecified atom stereocenters. The molecule has 0 radical (unpaired) electrons. The van der Waals surface area contributed by atoms with Crippen molar-refractivity contribution in [3.8, 4) is 0 Å².